The molecular formula is C18H15FN6O. The van der Waals surface area contributed by atoms with Gasteiger partial charge in [0.2, 0.25) is 0 Å². The summed E-state index contributed by atoms with van der Waals surface area (Å²) in [6.07, 6.45) is 6.61. The van der Waals surface area contributed by atoms with Crippen molar-refractivity contribution in [1.29, 1.82) is 0 Å². The third-order valence-corrected chi connectivity index (χ3v) is 3.51. The zero-order valence-electron chi connectivity index (χ0n) is 13.7. The molecule has 0 bridgehead atoms. The fourth-order valence-electron chi connectivity index (χ4n) is 2.15. The third-order valence-electron chi connectivity index (χ3n) is 3.51. The fourth-order valence-corrected chi connectivity index (χ4v) is 2.15. The van der Waals surface area contributed by atoms with Crippen LogP contribution in [-0.4, -0.2) is 30.9 Å². The molecular weight excluding hydrogens is 335 g/mol. The maximum atomic E-state index is 12.7. The highest BCUT2D eigenvalue weighted by Gasteiger charge is 2.09. The molecule has 0 spiro atoms. The topological polar surface area (TPSA) is 91.6 Å². The molecule has 0 aliphatic carbocycles. The van der Waals surface area contributed by atoms with E-state index in [9.17, 15) is 9.18 Å². The second-order valence-electron chi connectivity index (χ2n) is 5.31. The van der Waals surface area contributed by atoms with Crippen molar-refractivity contribution in [1.82, 2.24) is 24.3 Å². The monoisotopic (exact) mass is 350 g/mol. The molecule has 0 amide bonds. The molecule has 0 fully saturated rings. The lowest BCUT2D eigenvalue weighted by atomic mass is 10.2. The van der Waals surface area contributed by atoms with E-state index >= 15 is 0 Å². The lowest BCUT2D eigenvalue weighted by Gasteiger charge is -2.02. The van der Waals surface area contributed by atoms with Gasteiger partial charge in [-0.15, -0.1) is 0 Å². The van der Waals surface area contributed by atoms with Crippen LogP contribution in [0.4, 0.5) is 4.39 Å². The average molecular weight is 350 g/mol. The molecule has 3 aromatic rings. The molecule has 0 atom stereocenters. The van der Waals surface area contributed by atoms with Crippen molar-refractivity contribution in [3.63, 3.8) is 0 Å². The van der Waals surface area contributed by atoms with E-state index in [1.54, 1.807) is 36.8 Å². The van der Waals surface area contributed by atoms with Gasteiger partial charge >= 0.3 is 5.69 Å². The number of nitrogens with two attached hydrogens (primary N) is 1. The van der Waals surface area contributed by atoms with Crippen LogP contribution in [0.15, 0.2) is 65.9 Å². The summed E-state index contributed by atoms with van der Waals surface area (Å²) in [6, 6.07) is 7.06. The molecule has 0 saturated carbocycles. The summed E-state index contributed by atoms with van der Waals surface area (Å²) in [5, 5.41) is 3.97. The summed E-state index contributed by atoms with van der Waals surface area (Å²) in [5.74, 6) is 6.36. The summed E-state index contributed by atoms with van der Waals surface area (Å²) in [7, 11) is 0. The summed E-state index contributed by atoms with van der Waals surface area (Å²) >= 11 is 0. The minimum absolute atomic E-state index is 0.00741. The Hall–Kier alpha value is -3.57. The van der Waals surface area contributed by atoms with Gasteiger partial charge in [0.05, 0.1) is 12.9 Å². The first-order chi connectivity index (χ1) is 12.7. The van der Waals surface area contributed by atoms with Gasteiger partial charge in [-0.25, -0.2) is 23.4 Å². The number of halogens is 1. The lowest BCUT2D eigenvalue weighted by molar-refractivity contribution is 0.612. The van der Waals surface area contributed by atoms with Crippen molar-refractivity contribution in [2.75, 3.05) is 6.54 Å². The molecule has 8 heteroatoms. The molecule has 0 unspecified atom stereocenters. The summed E-state index contributed by atoms with van der Waals surface area (Å²) in [5.41, 5.74) is 6.70. The summed E-state index contributed by atoms with van der Waals surface area (Å²) in [6.45, 7) is -0.00714. The molecule has 2 N–H and O–H groups in total. The molecule has 0 aliphatic heterocycles. The first-order valence-electron chi connectivity index (χ1n) is 7.72. The van der Waals surface area contributed by atoms with Crippen LogP contribution in [-0.2, 0) is 6.54 Å². The Kier molecular flexibility index (Phi) is 5.31. The molecule has 0 saturated heterocycles. The van der Waals surface area contributed by atoms with Crippen LogP contribution < -0.4 is 11.4 Å². The van der Waals surface area contributed by atoms with Crippen LogP contribution in [0.1, 0.15) is 11.1 Å². The van der Waals surface area contributed by atoms with Crippen LogP contribution in [0.2, 0.25) is 0 Å². The Balaban J connectivity index is 1.89. The minimum Gasteiger partial charge on any atom is -0.327 e. The van der Waals surface area contributed by atoms with Gasteiger partial charge in [-0.2, -0.15) is 5.10 Å². The predicted molar refractivity (Wildman–Crippen MR) is 94.1 cm³/mol. The average Bonchev–Trinajstić information content (AvgIpc) is 3.05. The van der Waals surface area contributed by atoms with Gasteiger partial charge in [-0.3, -0.25) is 4.98 Å². The largest absolute Gasteiger partial charge is 0.351 e. The van der Waals surface area contributed by atoms with Crippen LogP contribution in [0.25, 0.3) is 5.82 Å². The molecule has 130 valence electrons. The van der Waals surface area contributed by atoms with Gasteiger partial charge in [-0.05, 0) is 29.8 Å². The fraction of sp³-hybridized carbons (Fsp3) is 0.111. The van der Waals surface area contributed by atoms with Gasteiger partial charge in [0.25, 0.3) is 0 Å². The van der Waals surface area contributed by atoms with E-state index < -0.39 is 5.69 Å². The summed E-state index contributed by atoms with van der Waals surface area (Å²) < 4.78 is 15.0. The van der Waals surface area contributed by atoms with E-state index in [0.717, 1.165) is 10.2 Å². The van der Waals surface area contributed by atoms with Crippen molar-refractivity contribution < 1.29 is 4.39 Å². The highest BCUT2D eigenvalue weighted by Crippen LogP contribution is 2.05. The smallest absolute Gasteiger partial charge is 0.327 e. The van der Waals surface area contributed by atoms with Crippen LogP contribution >= 0.6 is 0 Å². The van der Waals surface area contributed by atoms with Gasteiger partial charge in [0, 0.05) is 36.3 Å². The second-order valence-corrected chi connectivity index (χ2v) is 5.31. The normalized spacial score (nSPS) is 11.1. The predicted octanol–water partition coefficient (Wildman–Crippen LogP) is 1.04. The van der Waals surface area contributed by atoms with E-state index in [0.29, 0.717) is 17.7 Å². The Bertz CT molecular complexity index is 1040. The number of hydrogen-bond donors (Lipinski definition) is 1. The molecule has 3 aromatic heterocycles. The minimum atomic E-state index is -0.442. The Morgan fingerprint density at radius 1 is 1.27 bits per heavy atom. The first-order valence-corrected chi connectivity index (χ1v) is 7.72. The number of aromatic nitrogens is 5. The van der Waals surface area contributed by atoms with Crippen molar-refractivity contribution in [3.05, 3.63) is 82.7 Å². The van der Waals surface area contributed by atoms with E-state index in [1.165, 1.54) is 10.9 Å². The number of rotatable bonds is 4. The van der Waals surface area contributed by atoms with Crippen LogP contribution in [0.3, 0.4) is 0 Å². The zero-order valence-corrected chi connectivity index (χ0v) is 13.7. The number of pyridine rings is 2. The van der Waals surface area contributed by atoms with Crippen molar-refractivity contribution in [2.45, 2.75) is 6.54 Å². The third kappa shape index (κ3) is 3.91. The number of hydrogen-bond acceptors (Lipinski definition) is 5. The van der Waals surface area contributed by atoms with E-state index in [2.05, 4.69) is 26.9 Å². The zero-order chi connectivity index (χ0) is 18.4. The Labute approximate surface area is 148 Å². The molecule has 3 rings (SSSR count). The number of nitrogens with zero attached hydrogens (tertiary/aromatic N) is 5. The Morgan fingerprint density at radius 3 is 2.85 bits per heavy atom. The van der Waals surface area contributed by atoms with Gasteiger partial charge in [0.15, 0.2) is 0 Å². The van der Waals surface area contributed by atoms with Gasteiger partial charge in [0.1, 0.15) is 12.1 Å². The van der Waals surface area contributed by atoms with Crippen LogP contribution in [0, 0.1) is 11.8 Å². The highest BCUT2D eigenvalue weighted by atomic mass is 19.1. The van der Waals surface area contributed by atoms with Crippen molar-refractivity contribution in [2.24, 2.45) is 5.73 Å². The quantitative estimate of drug-likeness (QED) is 0.710. The molecule has 0 radical (unpaired) electrons. The Morgan fingerprint density at radius 2 is 2.12 bits per heavy atom. The molecule has 0 aromatic carbocycles. The molecule has 0 aliphatic rings. The lowest BCUT2D eigenvalue weighted by Crippen LogP contribution is -2.26. The van der Waals surface area contributed by atoms with Gasteiger partial charge in [-0.1, -0.05) is 11.8 Å². The maximum absolute atomic E-state index is 12.7. The summed E-state index contributed by atoms with van der Waals surface area (Å²) in [4.78, 5) is 20.6. The van der Waals surface area contributed by atoms with Crippen molar-refractivity contribution >= 4 is 0 Å². The van der Waals surface area contributed by atoms with Crippen molar-refractivity contribution in [3.8, 4) is 17.7 Å². The molecule has 26 heavy (non-hydrogen) atoms. The second kappa shape index (κ2) is 8.00. The standard InChI is InChI=1S/C18H15FN6O/c19-9-16(10-20)12-25-18(26)24(13-23-25)17-8-14(5-7-22-17)3-4-15-2-1-6-21-11-15/h1-2,5-9,11,13H,10,12,20H2/b16-9+. The molecule has 7 nitrogen and oxygen atoms in total. The molecule has 3 heterocycles. The van der Waals surface area contributed by atoms with E-state index in [4.69, 9.17) is 5.73 Å². The first kappa shape index (κ1) is 17.3. The highest BCUT2D eigenvalue weighted by molar-refractivity contribution is 5.43. The van der Waals surface area contributed by atoms with Gasteiger partial charge < -0.3 is 5.73 Å². The van der Waals surface area contributed by atoms with Crippen LogP contribution in [0.5, 0.6) is 0 Å². The van der Waals surface area contributed by atoms with E-state index in [1.807, 2.05) is 6.07 Å². The SMILES string of the molecule is NC/C(=C\F)Cn1ncn(-c2cc(C#Cc3cccnc3)ccn2)c1=O. The van der Waals surface area contributed by atoms with E-state index in [-0.39, 0.29) is 18.7 Å². The maximum Gasteiger partial charge on any atom is 0.351 e.